The fraction of sp³-hybridized carbons (Fsp3) is 0.0741. The highest BCUT2D eigenvalue weighted by molar-refractivity contribution is 6.06. The highest BCUT2D eigenvalue weighted by Gasteiger charge is 2.35. The van der Waals surface area contributed by atoms with Gasteiger partial charge in [0, 0.05) is 68.6 Å². The van der Waals surface area contributed by atoms with Gasteiger partial charge in [0.05, 0.1) is 22.1 Å². The van der Waals surface area contributed by atoms with E-state index in [2.05, 4.69) is 38.9 Å². The summed E-state index contributed by atoms with van der Waals surface area (Å²) in [5.74, 6) is -2.48. The number of rotatable bonds is 10. The van der Waals surface area contributed by atoms with Gasteiger partial charge in [-0.2, -0.15) is 0 Å². The van der Waals surface area contributed by atoms with Gasteiger partial charge in [-0.05, 0) is 118 Å². The Hall–Kier alpha value is -8.94. The quantitative estimate of drug-likeness (QED) is 0.0989. The van der Waals surface area contributed by atoms with Gasteiger partial charge in [-0.15, -0.1) is 52.7 Å². The fourth-order valence-electron chi connectivity index (χ4n) is 8.69. The Morgan fingerprint density at radius 2 is 0.541 bits per heavy atom. The van der Waals surface area contributed by atoms with Gasteiger partial charge in [0.15, 0.2) is 0 Å². The number of fused-ring (bicyclic) bond motifs is 4. The van der Waals surface area contributed by atoms with Crippen LogP contribution in [-0.2, 0) is 0 Å². The molecule has 20 heteroatoms. The second-order valence-electron chi connectivity index (χ2n) is 16.3. The summed E-state index contributed by atoms with van der Waals surface area (Å²) >= 11 is 0. The third-order valence-corrected chi connectivity index (χ3v) is 11.4. The molecule has 0 aliphatic rings. The zero-order chi connectivity index (χ0) is 52.2. The lowest BCUT2D eigenvalue weighted by molar-refractivity contribution is -0.275. The van der Waals surface area contributed by atoms with Gasteiger partial charge in [0.25, 0.3) is 0 Å². The molecular weight excluding hydrogens is 997 g/mol. The Morgan fingerprint density at radius 1 is 0.284 bits per heavy atom. The molecule has 0 saturated heterocycles. The summed E-state index contributed by atoms with van der Waals surface area (Å²) in [5.41, 5.74) is 2.58. The van der Waals surface area contributed by atoms with Crippen LogP contribution in [0.3, 0.4) is 0 Å². The molecule has 0 radical (unpaired) electrons. The Balaban J connectivity index is 1.19. The van der Waals surface area contributed by atoms with Crippen molar-refractivity contribution in [2.75, 3.05) is 0 Å². The zero-order valence-electron chi connectivity index (χ0n) is 37.1. The van der Waals surface area contributed by atoms with Crippen molar-refractivity contribution in [2.45, 2.75) is 25.4 Å². The number of aromatic nitrogens is 4. The van der Waals surface area contributed by atoms with E-state index in [4.69, 9.17) is 0 Å². The first-order chi connectivity index (χ1) is 35.1. The van der Waals surface area contributed by atoms with E-state index in [-0.39, 0.29) is 88.1 Å². The summed E-state index contributed by atoms with van der Waals surface area (Å²) in [7, 11) is 0. The number of hydrogen-bond acceptors (Lipinski definition) is 8. The van der Waals surface area contributed by atoms with Crippen molar-refractivity contribution >= 4 is 55.8 Å². The van der Waals surface area contributed by atoms with Gasteiger partial charge in [-0.1, -0.05) is 60.7 Å². The fourth-order valence-corrected chi connectivity index (χ4v) is 8.69. The third-order valence-electron chi connectivity index (χ3n) is 11.4. The molecule has 0 N–H and O–H groups in total. The van der Waals surface area contributed by atoms with Gasteiger partial charge in [0.2, 0.25) is 0 Å². The van der Waals surface area contributed by atoms with Gasteiger partial charge in [-0.3, -0.25) is 19.9 Å². The van der Waals surface area contributed by atoms with E-state index >= 15 is 0 Å². The van der Waals surface area contributed by atoms with Crippen LogP contribution >= 0.6 is 0 Å². The van der Waals surface area contributed by atoms with Gasteiger partial charge in [-0.25, -0.2) is 0 Å². The van der Waals surface area contributed by atoms with Gasteiger partial charge >= 0.3 is 25.4 Å². The number of hydrogen-bond donors (Lipinski definition) is 0. The van der Waals surface area contributed by atoms with Crippen LogP contribution in [0.2, 0.25) is 0 Å². The Labute approximate surface area is 408 Å². The minimum absolute atomic E-state index is 0.0726. The van der Waals surface area contributed by atoms with E-state index in [1.165, 1.54) is 85.5 Å². The molecule has 0 spiro atoms. The Bertz CT molecular complexity index is 3590. The third kappa shape index (κ3) is 10.8. The largest absolute Gasteiger partial charge is 0.573 e. The van der Waals surface area contributed by atoms with E-state index in [9.17, 15) is 52.7 Å². The van der Waals surface area contributed by atoms with Crippen LogP contribution in [0.1, 0.15) is 11.1 Å². The molecule has 74 heavy (non-hydrogen) atoms. The van der Waals surface area contributed by atoms with Crippen molar-refractivity contribution in [1.82, 2.24) is 19.9 Å². The monoisotopic (exact) mass is 1020 g/mol. The Kier molecular flexibility index (Phi) is 12.2. The summed E-state index contributed by atoms with van der Waals surface area (Å²) in [6.07, 6.45) is -11.7. The van der Waals surface area contributed by atoms with Crippen LogP contribution in [0.4, 0.5) is 52.7 Å². The molecule has 8 nitrogen and oxygen atoms in total. The van der Waals surface area contributed by atoms with Crippen molar-refractivity contribution in [2.24, 2.45) is 0 Å². The lowest BCUT2D eigenvalue weighted by Crippen LogP contribution is -2.17. The number of pyridine rings is 4. The summed E-state index contributed by atoms with van der Waals surface area (Å²) in [6, 6.07) is 30.2. The summed E-state index contributed by atoms with van der Waals surface area (Å²) in [5, 5.41) is 0.895. The molecule has 372 valence electrons. The number of benzene rings is 6. The number of ether oxygens (including phenoxy) is 4. The second-order valence-corrected chi connectivity index (χ2v) is 16.3. The van der Waals surface area contributed by atoms with Crippen LogP contribution in [0.25, 0.3) is 100 Å². The molecule has 4 aromatic heterocycles. The molecular formula is C54H28F12N4O4. The van der Waals surface area contributed by atoms with Crippen LogP contribution < -0.4 is 18.9 Å². The van der Waals surface area contributed by atoms with E-state index in [1.807, 2.05) is 0 Å². The highest BCUT2D eigenvalue weighted by atomic mass is 19.4. The van der Waals surface area contributed by atoms with Crippen LogP contribution in [0, 0.1) is 0 Å². The van der Waals surface area contributed by atoms with Crippen LogP contribution in [0.5, 0.6) is 23.0 Å². The Morgan fingerprint density at radius 3 is 0.797 bits per heavy atom. The van der Waals surface area contributed by atoms with E-state index in [1.54, 1.807) is 36.4 Å². The first-order valence-corrected chi connectivity index (χ1v) is 21.7. The molecule has 6 aromatic carbocycles. The minimum atomic E-state index is -5.13. The molecule has 4 heterocycles. The van der Waals surface area contributed by atoms with Gasteiger partial charge in [0.1, 0.15) is 23.0 Å². The van der Waals surface area contributed by atoms with E-state index in [0.717, 1.165) is 48.5 Å². The molecule has 0 atom stereocenters. The lowest BCUT2D eigenvalue weighted by atomic mass is 9.89. The zero-order valence-corrected chi connectivity index (χ0v) is 37.1. The summed E-state index contributed by atoms with van der Waals surface area (Å²) in [6.45, 7) is 0. The molecule has 0 saturated carbocycles. The molecule has 0 amide bonds. The second kappa shape index (κ2) is 18.6. The average Bonchev–Trinajstić information content (AvgIpc) is 3.33. The lowest BCUT2D eigenvalue weighted by Gasteiger charge is -2.18. The maximum atomic E-state index is 13.8. The summed E-state index contributed by atoms with van der Waals surface area (Å²) in [4.78, 5) is 17.8. The smallest absolute Gasteiger partial charge is 0.406 e. The normalized spacial score (nSPS) is 12.5. The standard InChI is InChI=1S/C54H28F12N4O4/c55-51(56,57)71-35-21-31-5-1-15-67-47(31)43(25-35)39-13-11-29(19-41(39)45-27-37(73-53(61,62)63)23-33-7-3-17-69-49(33)45)9-10-30-12-14-40(44-26-36(72-52(58,59)60)22-32-6-2-16-68-48(32)44)42(20-30)46-28-38(74-54(64,65)66)24-34-8-4-18-70-50(34)46/h1-28H/b10-9+. The van der Waals surface area contributed by atoms with Crippen molar-refractivity contribution in [3.63, 3.8) is 0 Å². The minimum Gasteiger partial charge on any atom is -0.406 e. The molecule has 0 fully saturated rings. The van der Waals surface area contributed by atoms with E-state index in [0.29, 0.717) is 11.1 Å². The number of alkyl halides is 12. The molecule has 0 aliphatic heterocycles. The van der Waals surface area contributed by atoms with Crippen molar-refractivity contribution in [3.05, 3.63) is 169 Å². The van der Waals surface area contributed by atoms with Crippen LogP contribution in [-0.4, -0.2) is 45.4 Å². The molecule has 10 rings (SSSR count). The van der Waals surface area contributed by atoms with Crippen molar-refractivity contribution in [1.29, 1.82) is 0 Å². The van der Waals surface area contributed by atoms with Crippen LogP contribution in [0.15, 0.2) is 158 Å². The van der Waals surface area contributed by atoms with Crippen molar-refractivity contribution < 1.29 is 71.6 Å². The first kappa shape index (κ1) is 48.7. The maximum Gasteiger partial charge on any atom is 0.573 e. The SMILES string of the molecule is FC(F)(F)Oc1cc(-c2ccc(/C=C/c3ccc(-c4cc(OC(F)(F)F)cc5cccnc45)c(-c4cc(OC(F)(F)F)cc5cccnc45)c3)cc2-c2cc(OC(F)(F)F)cc3cccnc23)c2ncccc2c1. The van der Waals surface area contributed by atoms with E-state index < -0.39 is 48.4 Å². The molecule has 0 unspecified atom stereocenters. The number of halogens is 12. The summed E-state index contributed by atoms with van der Waals surface area (Å²) < 4.78 is 182. The number of nitrogens with zero attached hydrogens (tertiary/aromatic N) is 4. The molecule has 0 bridgehead atoms. The first-order valence-electron chi connectivity index (χ1n) is 21.7. The average molecular weight is 1020 g/mol. The van der Waals surface area contributed by atoms with Crippen molar-refractivity contribution in [3.8, 4) is 67.5 Å². The molecule has 10 aromatic rings. The maximum absolute atomic E-state index is 13.8. The van der Waals surface area contributed by atoms with Gasteiger partial charge < -0.3 is 18.9 Å². The topological polar surface area (TPSA) is 88.5 Å². The molecule has 0 aliphatic carbocycles. The highest BCUT2D eigenvalue weighted by Crippen LogP contribution is 2.46. The predicted octanol–water partition coefficient (Wildman–Crippen LogP) is 16.3. The predicted molar refractivity (Wildman–Crippen MR) is 251 cm³/mol.